The molecular formula is C22H20O4. The van der Waals surface area contributed by atoms with E-state index in [0.29, 0.717) is 22.8 Å². The SMILES string of the molecule is COC(=O)c1ccc(/C=C2/C=C(c3ccc(C(C)C)cc3)OC2=O)cc1. The molecule has 1 aliphatic rings. The van der Waals surface area contributed by atoms with Gasteiger partial charge in [-0.05, 0) is 41.3 Å². The molecule has 2 aromatic rings. The van der Waals surface area contributed by atoms with Crippen molar-refractivity contribution in [2.45, 2.75) is 19.8 Å². The molecule has 0 fully saturated rings. The van der Waals surface area contributed by atoms with Crippen molar-refractivity contribution in [1.29, 1.82) is 0 Å². The maximum Gasteiger partial charge on any atom is 0.343 e. The lowest BCUT2D eigenvalue weighted by molar-refractivity contribution is -0.130. The zero-order valence-corrected chi connectivity index (χ0v) is 15.0. The lowest BCUT2D eigenvalue weighted by atomic mass is 10.0. The minimum Gasteiger partial charge on any atom is -0.465 e. The molecule has 0 bridgehead atoms. The average molecular weight is 348 g/mol. The number of benzene rings is 2. The molecule has 0 spiro atoms. The Kier molecular flexibility index (Phi) is 5.03. The summed E-state index contributed by atoms with van der Waals surface area (Å²) in [7, 11) is 1.34. The summed E-state index contributed by atoms with van der Waals surface area (Å²) < 4.78 is 10.1. The van der Waals surface area contributed by atoms with E-state index in [-0.39, 0.29) is 5.97 Å². The lowest BCUT2D eigenvalue weighted by Gasteiger charge is -2.06. The van der Waals surface area contributed by atoms with E-state index < -0.39 is 5.97 Å². The van der Waals surface area contributed by atoms with E-state index in [4.69, 9.17) is 4.74 Å². The van der Waals surface area contributed by atoms with Crippen LogP contribution in [0.4, 0.5) is 0 Å². The summed E-state index contributed by atoms with van der Waals surface area (Å²) >= 11 is 0. The zero-order chi connectivity index (χ0) is 18.7. The third-order valence-corrected chi connectivity index (χ3v) is 4.24. The fourth-order valence-electron chi connectivity index (χ4n) is 2.68. The highest BCUT2D eigenvalue weighted by atomic mass is 16.5. The Morgan fingerprint density at radius 2 is 1.69 bits per heavy atom. The Morgan fingerprint density at radius 1 is 1.04 bits per heavy atom. The van der Waals surface area contributed by atoms with Gasteiger partial charge in [-0.25, -0.2) is 9.59 Å². The van der Waals surface area contributed by atoms with Gasteiger partial charge in [0.1, 0.15) is 5.76 Å². The largest absolute Gasteiger partial charge is 0.465 e. The highest BCUT2D eigenvalue weighted by Crippen LogP contribution is 2.28. The van der Waals surface area contributed by atoms with Crippen molar-refractivity contribution in [2.75, 3.05) is 7.11 Å². The van der Waals surface area contributed by atoms with Crippen LogP contribution >= 0.6 is 0 Å². The Morgan fingerprint density at radius 3 is 2.27 bits per heavy atom. The van der Waals surface area contributed by atoms with Crippen LogP contribution in [0.15, 0.2) is 60.2 Å². The first kappa shape index (κ1) is 17.7. The molecule has 3 rings (SSSR count). The molecule has 0 unspecified atom stereocenters. The quantitative estimate of drug-likeness (QED) is 0.599. The van der Waals surface area contributed by atoms with Gasteiger partial charge in [0.15, 0.2) is 0 Å². The summed E-state index contributed by atoms with van der Waals surface area (Å²) in [5, 5.41) is 0. The Hall–Kier alpha value is -3.14. The van der Waals surface area contributed by atoms with Crippen LogP contribution in [0.3, 0.4) is 0 Å². The van der Waals surface area contributed by atoms with Gasteiger partial charge in [-0.3, -0.25) is 0 Å². The molecule has 0 aromatic heterocycles. The normalized spacial score (nSPS) is 15.2. The van der Waals surface area contributed by atoms with Crippen molar-refractivity contribution in [3.8, 4) is 0 Å². The van der Waals surface area contributed by atoms with Crippen molar-refractivity contribution < 1.29 is 19.1 Å². The van der Waals surface area contributed by atoms with Gasteiger partial charge in [-0.1, -0.05) is 50.2 Å². The fourth-order valence-corrected chi connectivity index (χ4v) is 2.68. The topological polar surface area (TPSA) is 52.6 Å². The predicted molar refractivity (Wildman–Crippen MR) is 100 cm³/mol. The number of cyclic esters (lactones) is 1. The van der Waals surface area contributed by atoms with Crippen LogP contribution in [0.5, 0.6) is 0 Å². The highest BCUT2D eigenvalue weighted by Gasteiger charge is 2.22. The second-order valence-corrected chi connectivity index (χ2v) is 6.39. The smallest absolute Gasteiger partial charge is 0.343 e. The number of hydrogen-bond acceptors (Lipinski definition) is 4. The molecule has 1 heterocycles. The zero-order valence-electron chi connectivity index (χ0n) is 15.0. The third kappa shape index (κ3) is 3.75. The number of carbonyl (C=O) groups is 2. The Balaban J connectivity index is 1.83. The summed E-state index contributed by atoms with van der Waals surface area (Å²) in [6.45, 7) is 4.27. The highest BCUT2D eigenvalue weighted by molar-refractivity contribution is 6.05. The van der Waals surface area contributed by atoms with E-state index in [1.54, 1.807) is 36.4 Å². The second-order valence-electron chi connectivity index (χ2n) is 6.39. The van der Waals surface area contributed by atoms with E-state index in [9.17, 15) is 9.59 Å². The predicted octanol–water partition coefficient (Wildman–Crippen LogP) is 4.58. The summed E-state index contributed by atoms with van der Waals surface area (Å²) in [6, 6.07) is 14.8. The number of rotatable bonds is 4. The summed E-state index contributed by atoms with van der Waals surface area (Å²) in [5.41, 5.74) is 3.84. The van der Waals surface area contributed by atoms with Gasteiger partial charge in [0.2, 0.25) is 0 Å². The molecule has 4 nitrogen and oxygen atoms in total. The van der Waals surface area contributed by atoms with Crippen LogP contribution in [0.1, 0.15) is 46.8 Å². The van der Waals surface area contributed by atoms with E-state index in [1.807, 2.05) is 24.3 Å². The van der Waals surface area contributed by atoms with Gasteiger partial charge in [0.25, 0.3) is 0 Å². The molecule has 1 aliphatic heterocycles. The fraction of sp³-hybridized carbons (Fsp3) is 0.182. The standard InChI is InChI=1S/C22H20O4/c1-14(2)16-8-10-17(11-9-16)20-13-19(22(24)26-20)12-15-4-6-18(7-5-15)21(23)25-3/h4-14H,1-3H3/b19-12-. The van der Waals surface area contributed by atoms with Gasteiger partial charge in [-0.2, -0.15) is 0 Å². The number of ether oxygens (including phenoxy) is 2. The maximum atomic E-state index is 12.1. The number of hydrogen-bond donors (Lipinski definition) is 0. The van der Waals surface area contributed by atoms with Crippen LogP contribution < -0.4 is 0 Å². The average Bonchev–Trinajstić information content (AvgIpc) is 3.02. The first-order valence-electron chi connectivity index (χ1n) is 8.42. The molecule has 0 atom stereocenters. The minimum absolute atomic E-state index is 0.384. The Labute approximate surface area is 152 Å². The van der Waals surface area contributed by atoms with Crippen LogP contribution in [-0.2, 0) is 14.3 Å². The van der Waals surface area contributed by atoms with Crippen molar-refractivity contribution >= 4 is 23.8 Å². The van der Waals surface area contributed by atoms with E-state index in [0.717, 1.165) is 11.1 Å². The first-order valence-corrected chi connectivity index (χ1v) is 8.42. The molecule has 2 aromatic carbocycles. The second kappa shape index (κ2) is 7.40. The van der Waals surface area contributed by atoms with E-state index in [2.05, 4.69) is 18.6 Å². The monoisotopic (exact) mass is 348 g/mol. The molecule has 4 heteroatoms. The van der Waals surface area contributed by atoms with Crippen molar-refractivity contribution in [3.63, 3.8) is 0 Å². The van der Waals surface area contributed by atoms with Gasteiger partial charge >= 0.3 is 11.9 Å². The Bertz CT molecular complexity index is 885. The third-order valence-electron chi connectivity index (χ3n) is 4.24. The van der Waals surface area contributed by atoms with Crippen LogP contribution in [0.25, 0.3) is 11.8 Å². The summed E-state index contributed by atoms with van der Waals surface area (Å²) in [5.74, 6) is 0.219. The molecule has 0 saturated carbocycles. The number of methoxy groups -OCH3 is 1. The molecule has 0 saturated heterocycles. The maximum absolute atomic E-state index is 12.1. The summed E-state index contributed by atoms with van der Waals surface area (Å²) in [4.78, 5) is 23.6. The minimum atomic E-state index is -0.392. The van der Waals surface area contributed by atoms with Gasteiger partial charge < -0.3 is 9.47 Å². The molecule has 0 N–H and O–H groups in total. The first-order chi connectivity index (χ1) is 12.5. The van der Waals surface area contributed by atoms with Crippen LogP contribution in [-0.4, -0.2) is 19.0 Å². The molecule has 26 heavy (non-hydrogen) atoms. The van der Waals surface area contributed by atoms with Crippen molar-refractivity contribution in [2.24, 2.45) is 0 Å². The summed E-state index contributed by atoms with van der Waals surface area (Å²) in [6.07, 6.45) is 3.47. The van der Waals surface area contributed by atoms with E-state index in [1.165, 1.54) is 12.7 Å². The molecule has 0 aliphatic carbocycles. The van der Waals surface area contributed by atoms with Crippen LogP contribution in [0, 0.1) is 0 Å². The number of esters is 2. The molecular weight excluding hydrogens is 328 g/mol. The van der Waals surface area contributed by atoms with Crippen molar-refractivity contribution in [3.05, 3.63) is 82.4 Å². The van der Waals surface area contributed by atoms with Gasteiger partial charge in [0, 0.05) is 5.56 Å². The van der Waals surface area contributed by atoms with Crippen LogP contribution in [0.2, 0.25) is 0 Å². The molecule has 0 amide bonds. The van der Waals surface area contributed by atoms with Crippen molar-refractivity contribution in [1.82, 2.24) is 0 Å². The molecule has 132 valence electrons. The molecule has 0 radical (unpaired) electrons. The van der Waals surface area contributed by atoms with E-state index >= 15 is 0 Å². The van der Waals surface area contributed by atoms with Gasteiger partial charge in [-0.15, -0.1) is 0 Å². The van der Waals surface area contributed by atoms with Gasteiger partial charge in [0.05, 0.1) is 18.2 Å². The number of carbonyl (C=O) groups excluding carboxylic acids is 2. The lowest BCUT2D eigenvalue weighted by Crippen LogP contribution is -2.00.